The van der Waals surface area contributed by atoms with Crippen molar-refractivity contribution in [1.29, 1.82) is 0 Å². The zero-order valence-corrected chi connectivity index (χ0v) is 14.2. The van der Waals surface area contributed by atoms with Gasteiger partial charge in [0.05, 0.1) is 5.02 Å². The Balaban J connectivity index is 2.37. The minimum Gasteiger partial charge on any atom is -0.478 e. The molecule has 0 aliphatic rings. The normalized spacial score (nSPS) is 12.5. The fourth-order valence-electron chi connectivity index (χ4n) is 2.88. The molecule has 1 heterocycles. The van der Waals surface area contributed by atoms with Gasteiger partial charge in [0, 0.05) is 17.5 Å². The molecule has 2 aromatic rings. The molecule has 0 saturated heterocycles. The van der Waals surface area contributed by atoms with Gasteiger partial charge in [0.15, 0.2) is 6.10 Å². The summed E-state index contributed by atoms with van der Waals surface area (Å²) in [4.78, 5) is 16.0. The first-order valence-electron chi connectivity index (χ1n) is 8.01. The Hall–Kier alpha value is -1.81. The molecule has 5 heteroatoms. The molecule has 0 aliphatic carbocycles. The molecular weight excluding hydrogens is 314 g/mol. The standard InChI is InChI=1S/C18H22ClNO3/c1-3-6-12(7-4-2)17(18(21)22)23-15-10-9-14(19)13-8-5-11-20-16(13)15/h5,8-12,17H,3-4,6-7H2,1-2H3,(H,21,22). The Labute approximate surface area is 141 Å². The highest BCUT2D eigenvalue weighted by Gasteiger charge is 2.29. The van der Waals surface area contributed by atoms with E-state index in [2.05, 4.69) is 18.8 Å². The fourth-order valence-corrected chi connectivity index (χ4v) is 3.10. The third-order valence-corrected chi connectivity index (χ3v) is 4.25. The molecule has 1 N–H and O–H groups in total. The maximum Gasteiger partial charge on any atom is 0.345 e. The van der Waals surface area contributed by atoms with E-state index in [1.807, 2.05) is 6.07 Å². The van der Waals surface area contributed by atoms with Gasteiger partial charge in [-0.25, -0.2) is 4.79 Å². The maximum atomic E-state index is 11.7. The van der Waals surface area contributed by atoms with E-state index in [9.17, 15) is 9.90 Å². The van der Waals surface area contributed by atoms with E-state index >= 15 is 0 Å². The van der Waals surface area contributed by atoms with Crippen LogP contribution < -0.4 is 4.74 Å². The zero-order valence-electron chi connectivity index (χ0n) is 13.5. The van der Waals surface area contributed by atoms with Crippen molar-refractivity contribution in [2.75, 3.05) is 0 Å². The largest absolute Gasteiger partial charge is 0.478 e. The lowest BCUT2D eigenvalue weighted by atomic mass is 9.92. The van der Waals surface area contributed by atoms with Gasteiger partial charge < -0.3 is 9.84 Å². The first kappa shape index (κ1) is 17.5. The van der Waals surface area contributed by atoms with Crippen LogP contribution in [0.3, 0.4) is 0 Å². The van der Waals surface area contributed by atoms with E-state index in [1.165, 1.54) is 0 Å². The number of carboxylic acids is 1. The van der Waals surface area contributed by atoms with E-state index in [4.69, 9.17) is 16.3 Å². The summed E-state index contributed by atoms with van der Waals surface area (Å²) in [6.07, 6.45) is 4.28. The van der Waals surface area contributed by atoms with Crippen LogP contribution in [0, 0.1) is 5.92 Å². The van der Waals surface area contributed by atoms with Crippen molar-refractivity contribution in [2.24, 2.45) is 5.92 Å². The highest BCUT2D eigenvalue weighted by molar-refractivity contribution is 6.35. The van der Waals surface area contributed by atoms with Crippen molar-refractivity contribution in [3.05, 3.63) is 35.5 Å². The number of carbonyl (C=O) groups is 1. The predicted octanol–water partition coefficient (Wildman–Crippen LogP) is 4.94. The summed E-state index contributed by atoms with van der Waals surface area (Å²) in [7, 11) is 0. The molecule has 1 atom stereocenters. The van der Waals surface area contributed by atoms with Gasteiger partial charge in [-0.2, -0.15) is 0 Å². The zero-order chi connectivity index (χ0) is 16.8. The van der Waals surface area contributed by atoms with Crippen molar-refractivity contribution < 1.29 is 14.6 Å². The van der Waals surface area contributed by atoms with Crippen LogP contribution in [0.25, 0.3) is 10.9 Å². The summed E-state index contributed by atoms with van der Waals surface area (Å²) in [6.45, 7) is 4.11. The Morgan fingerprint density at radius 3 is 2.57 bits per heavy atom. The molecular formula is C18H22ClNO3. The predicted molar refractivity (Wildman–Crippen MR) is 92.1 cm³/mol. The molecule has 1 aromatic carbocycles. The molecule has 124 valence electrons. The second-order valence-corrected chi connectivity index (χ2v) is 6.07. The summed E-state index contributed by atoms with van der Waals surface area (Å²) in [5.41, 5.74) is 0.595. The van der Waals surface area contributed by atoms with Gasteiger partial charge in [0.1, 0.15) is 11.3 Å². The van der Waals surface area contributed by atoms with Crippen molar-refractivity contribution in [3.8, 4) is 5.75 Å². The van der Waals surface area contributed by atoms with Crippen LogP contribution in [0.5, 0.6) is 5.75 Å². The molecule has 0 amide bonds. The number of pyridine rings is 1. The molecule has 0 bridgehead atoms. The number of nitrogens with zero attached hydrogens (tertiary/aromatic N) is 1. The van der Waals surface area contributed by atoms with Crippen molar-refractivity contribution in [3.63, 3.8) is 0 Å². The number of ether oxygens (including phenoxy) is 1. The van der Waals surface area contributed by atoms with E-state index in [0.717, 1.165) is 31.1 Å². The number of hydrogen-bond acceptors (Lipinski definition) is 3. The minimum atomic E-state index is -0.934. The van der Waals surface area contributed by atoms with Gasteiger partial charge in [-0.1, -0.05) is 38.3 Å². The lowest BCUT2D eigenvalue weighted by Crippen LogP contribution is -2.35. The van der Waals surface area contributed by atoms with Crippen LogP contribution in [-0.2, 0) is 4.79 Å². The number of aromatic nitrogens is 1. The van der Waals surface area contributed by atoms with Gasteiger partial charge in [-0.3, -0.25) is 4.98 Å². The molecule has 4 nitrogen and oxygen atoms in total. The SMILES string of the molecule is CCCC(CCC)C(Oc1ccc(Cl)c2cccnc12)C(=O)O. The topological polar surface area (TPSA) is 59.4 Å². The Morgan fingerprint density at radius 1 is 1.26 bits per heavy atom. The summed E-state index contributed by atoms with van der Waals surface area (Å²) in [5, 5.41) is 11.0. The molecule has 0 aliphatic heterocycles. The van der Waals surface area contributed by atoms with Crippen LogP contribution in [0.2, 0.25) is 5.02 Å². The lowest BCUT2D eigenvalue weighted by molar-refractivity contribution is -0.148. The first-order valence-corrected chi connectivity index (χ1v) is 8.39. The Morgan fingerprint density at radius 2 is 1.96 bits per heavy atom. The summed E-state index contributed by atoms with van der Waals surface area (Å²) < 4.78 is 5.89. The number of rotatable bonds is 8. The van der Waals surface area contributed by atoms with E-state index in [0.29, 0.717) is 16.3 Å². The van der Waals surface area contributed by atoms with Crippen molar-refractivity contribution in [1.82, 2.24) is 4.98 Å². The fraction of sp³-hybridized carbons (Fsp3) is 0.444. The lowest BCUT2D eigenvalue weighted by Gasteiger charge is -2.24. The van der Waals surface area contributed by atoms with Gasteiger partial charge in [0.2, 0.25) is 0 Å². The second kappa shape index (κ2) is 8.16. The Kier molecular flexibility index (Phi) is 6.22. The van der Waals surface area contributed by atoms with Crippen LogP contribution in [0.4, 0.5) is 0 Å². The molecule has 1 unspecified atom stereocenters. The van der Waals surface area contributed by atoms with Crippen LogP contribution in [0.1, 0.15) is 39.5 Å². The second-order valence-electron chi connectivity index (χ2n) is 5.66. The van der Waals surface area contributed by atoms with Gasteiger partial charge in [-0.05, 0) is 37.1 Å². The highest BCUT2D eigenvalue weighted by atomic mass is 35.5. The molecule has 0 saturated carbocycles. The number of carboxylic acid groups (broad SMARTS) is 1. The van der Waals surface area contributed by atoms with E-state index < -0.39 is 12.1 Å². The number of hydrogen-bond donors (Lipinski definition) is 1. The molecule has 0 radical (unpaired) electrons. The Bertz CT molecular complexity index is 668. The van der Waals surface area contributed by atoms with Crippen LogP contribution in [0.15, 0.2) is 30.5 Å². The van der Waals surface area contributed by atoms with Crippen LogP contribution >= 0.6 is 11.6 Å². The molecule has 1 aromatic heterocycles. The number of benzene rings is 1. The van der Waals surface area contributed by atoms with Crippen molar-refractivity contribution >= 4 is 28.5 Å². The summed E-state index contributed by atoms with van der Waals surface area (Å²) in [5.74, 6) is -0.484. The first-order chi connectivity index (χ1) is 11.1. The van der Waals surface area contributed by atoms with Gasteiger partial charge in [-0.15, -0.1) is 0 Å². The van der Waals surface area contributed by atoms with E-state index in [1.54, 1.807) is 24.4 Å². The van der Waals surface area contributed by atoms with Crippen LogP contribution in [-0.4, -0.2) is 22.2 Å². The smallest absolute Gasteiger partial charge is 0.345 e. The average molecular weight is 336 g/mol. The molecule has 0 fully saturated rings. The minimum absolute atomic E-state index is 0.0167. The number of fused-ring (bicyclic) bond motifs is 1. The molecule has 2 rings (SSSR count). The monoisotopic (exact) mass is 335 g/mol. The third kappa shape index (κ3) is 4.14. The summed E-state index contributed by atoms with van der Waals surface area (Å²) in [6, 6.07) is 7.06. The summed E-state index contributed by atoms with van der Waals surface area (Å²) >= 11 is 6.18. The quantitative estimate of drug-likeness (QED) is 0.742. The molecule has 0 spiro atoms. The average Bonchev–Trinajstić information content (AvgIpc) is 2.54. The third-order valence-electron chi connectivity index (χ3n) is 3.92. The maximum absolute atomic E-state index is 11.7. The molecule has 23 heavy (non-hydrogen) atoms. The number of aliphatic carboxylic acids is 1. The highest BCUT2D eigenvalue weighted by Crippen LogP contribution is 2.32. The van der Waals surface area contributed by atoms with E-state index in [-0.39, 0.29) is 5.92 Å². The van der Waals surface area contributed by atoms with Gasteiger partial charge >= 0.3 is 5.97 Å². The number of halogens is 1. The van der Waals surface area contributed by atoms with Crippen molar-refractivity contribution in [2.45, 2.75) is 45.6 Å². The van der Waals surface area contributed by atoms with Gasteiger partial charge in [0.25, 0.3) is 0 Å².